The number of methoxy groups -OCH3 is 1. The van der Waals surface area contributed by atoms with Gasteiger partial charge < -0.3 is 4.74 Å². The SMILES string of the molecule is COc1ccccc1C(=O)/C=C/c1ccccc1.Cc1ccccc1/C=C/C(=O)c1ccccc1.O=C(/C=C/c1ccc(C(F)(F)F)cc1)c1ccccc1.O=C(/C=C/c1ccc([N+](=O)[O-])cc1)c1ccccc1.O=C(/C=C/c1ccc([N+](=O)[O-])cc1[N+](=O)[O-])c1ccccc1.O=C(/C=C/c1cccc(C(F)(F)F)c1)c1ccccc1.O=C(/C=C/c1cccc([N+](=O)[O-])c1)c1ccccc1. The largest absolute Gasteiger partial charge is 0.496 e. The van der Waals surface area contributed by atoms with Crippen LogP contribution in [0.3, 0.4) is 0 Å². The second-order valence-corrected chi connectivity index (χ2v) is 28.2. The van der Waals surface area contributed by atoms with Crippen molar-refractivity contribution in [2.75, 3.05) is 7.11 Å². The molecule has 0 radical (unpaired) electrons. The molecule has 0 saturated carbocycles. The van der Waals surface area contributed by atoms with Crippen LogP contribution in [0.2, 0.25) is 0 Å². The molecule has 135 heavy (non-hydrogen) atoms. The number of hydrogen-bond donors (Lipinski definition) is 0. The van der Waals surface area contributed by atoms with Crippen LogP contribution in [0.25, 0.3) is 42.5 Å². The Labute approximate surface area is 771 Å². The van der Waals surface area contributed by atoms with Crippen molar-refractivity contribution >= 4 is 106 Å². The highest BCUT2D eigenvalue weighted by molar-refractivity contribution is 6.11. The van der Waals surface area contributed by atoms with Gasteiger partial charge in [0, 0.05) is 63.7 Å². The highest BCUT2D eigenvalue weighted by Gasteiger charge is 2.31. The molecule has 0 unspecified atom stereocenters. The normalized spacial score (nSPS) is 10.9. The molecule has 0 fully saturated rings. The van der Waals surface area contributed by atoms with Gasteiger partial charge in [-0.05, 0) is 149 Å². The maximum absolute atomic E-state index is 12.5. The summed E-state index contributed by atoms with van der Waals surface area (Å²) < 4.78 is 79.9. The van der Waals surface area contributed by atoms with Crippen LogP contribution in [0.1, 0.15) is 128 Å². The van der Waals surface area contributed by atoms with Gasteiger partial charge in [0.25, 0.3) is 22.7 Å². The highest BCUT2D eigenvalue weighted by Crippen LogP contribution is 2.32. The van der Waals surface area contributed by atoms with Gasteiger partial charge in [0.1, 0.15) is 5.75 Å². The number of nitro benzene ring substituents is 4. The second-order valence-electron chi connectivity index (χ2n) is 28.2. The molecule has 0 bridgehead atoms. The van der Waals surface area contributed by atoms with Gasteiger partial charge in [-0.25, -0.2) is 0 Å². The third-order valence-electron chi connectivity index (χ3n) is 18.7. The quantitative estimate of drug-likeness (QED) is 0.0160. The van der Waals surface area contributed by atoms with Crippen LogP contribution in [0.5, 0.6) is 5.75 Å². The lowest BCUT2D eigenvalue weighted by Gasteiger charge is -2.06. The van der Waals surface area contributed by atoms with Crippen molar-refractivity contribution in [3.8, 4) is 5.75 Å². The van der Waals surface area contributed by atoms with Crippen molar-refractivity contribution in [3.63, 3.8) is 0 Å². The molecule has 0 saturated heterocycles. The molecule has 0 aromatic heterocycles. The number of rotatable bonds is 26. The van der Waals surface area contributed by atoms with E-state index in [1.165, 1.54) is 109 Å². The number of allylic oxidation sites excluding steroid dienone is 7. The lowest BCUT2D eigenvalue weighted by Crippen LogP contribution is -2.04. The van der Waals surface area contributed by atoms with Gasteiger partial charge in [0.15, 0.2) is 40.5 Å². The zero-order valence-electron chi connectivity index (χ0n) is 72.0. The van der Waals surface area contributed by atoms with Gasteiger partial charge in [-0.2, -0.15) is 26.3 Å². The Bertz CT molecular complexity index is 6610. The van der Waals surface area contributed by atoms with Crippen LogP contribution in [0.15, 0.2) is 419 Å². The van der Waals surface area contributed by atoms with Gasteiger partial charge in [-0.3, -0.25) is 74.0 Å². The lowest BCUT2D eigenvalue weighted by molar-refractivity contribution is -0.394. The van der Waals surface area contributed by atoms with Crippen LogP contribution in [0, 0.1) is 47.4 Å². The molecule has 676 valence electrons. The Morgan fingerprint density at radius 2 is 0.556 bits per heavy atom. The van der Waals surface area contributed by atoms with Gasteiger partial charge in [0.2, 0.25) is 0 Å². The highest BCUT2D eigenvalue weighted by atomic mass is 19.4. The predicted molar refractivity (Wildman–Crippen MR) is 512 cm³/mol. The summed E-state index contributed by atoms with van der Waals surface area (Å²) in [7, 11) is 1.56. The minimum Gasteiger partial charge on any atom is -0.496 e. The fourth-order valence-electron chi connectivity index (χ4n) is 11.7. The Hall–Kier alpha value is -18.1. The number of nitrogens with zero attached hydrogens (tertiary/aromatic N) is 4. The number of non-ortho nitro benzene ring substituents is 3. The van der Waals surface area contributed by atoms with Crippen LogP contribution < -0.4 is 4.74 Å². The van der Waals surface area contributed by atoms with Crippen LogP contribution in [0.4, 0.5) is 49.1 Å². The molecule has 0 spiro atoms. The summed E-state index contributed by atoms with van der Waals surface area (Å²) in [6.07, 6.45) is 12.2. The van der Waals surface area contributed by atoms with Gasteiger partial charge >= 0.3 is 12.4 Å². The van der Waals surface area contributed by atoms with E-state index in [9.17, 15) is 100 Å². The zero-order valence-corrected chi connectivity index (χ0v) is 72.0. The van der Waals surface area contributed by atoms with Crippen LogP contribution in [-0.2, 0) is 12.4 Å². The Morgan fingerprint density at radius 3 is 0.933 bits per heavy atom. The predicted octanol–water partition coefficient (Wildman–Crippen LogP) is 27.1. The summed E-state index contributed by atoms with van der Waals surface area (Å²) in [5.74, 6) is -0.404. The molecule has 14 rings (SSSR count). The summed E-state index contributed by atoms with van der Waals surface area (Å²) in [6.45, 7) is 2.03. The van der Waals surface area contributed by atoms with Crippen molar-refractivity contribution in [2.45, 2.75) is 19.3 Å². The molecule has 0 aliphatic rings. The van der Waals surface area contributed by atoms with Gasteiger partial charge in [-0.1, -0.05) is 322 Å². The summed E-state index contributed by atoms with van der Waals surface area (Å²) >= 11 is 0. The molecule has 0 aliphatic heterocycles. The van der Waals surface area contributed by atoms with E-state index in [1.54, 1.807) is 213 Å². The molecular weight excluding hydrogens is 1740 g/mol. The first-order chi connectivity index (χ1) is 64.8. The van der Waals surface area contributed by atoms with Crippen molar-refractivity contribution in [2.24, 2.45) is 0 Å². The first-order valence-electron chi connectivity index (χ1n) is 40.7. The summed E-state index contributed by atoms with van der Waals surface area (Å²) in [5, 5.41) is 42.7. The molecule has 14 aromatic carbocycles. The number of alkyl halides is 6. The Balaban J connectivity index is 0.000000194. The van der Waals surface area contributed by atoms with E-state index in [0.717, 1.165) is 58.7 Å². The maximum Gasteiger partial charge on any atom is 0.416 e. The number of para-hydroxylation sites is 1. The number of benzene rings is 14. The maximum atomic E-state index is 12.5. The topological polar surface area (TPSA) is 301 Å². The summed E-state index contributed by atoms with van der Waals surface area (Å²) in [5.41, 5.74) is 7.41. The first-order valence-corrected chi connectivity index (χ1v) is 40.7. The van der Waals surface area contributed by atoms with E-state index in [2.05, 4.69) is 0 Å². The standard InChI is InChI=1S/2C16H11F3O.C16H14O2.C16H14O.C15H10N2O5.2C15H11NO3/c17-16(18,19)14-8-4-5-12(11-14)9-10-15(20)13-6-2-1-3-7-13;17-16(18,19)14-9-6-12(7-10-14)8-11-15(20)13-4-2-1-3-5-13;1-18-16-10-6-5-9-14(16)15(17)12-11-13-7-3-2-4-8-13;1-13-7-5-6-8-14(13)11-12-16(17)15-9-3-2-4-10-15;18-15(12-4-2-1-3-5-12)9-7-11-6-8-13(16(19)20)10-14(11)17(21)22;17-15(13-6-2-1-3-7-13)10-9-12-5-4-8-14(11-12)16(18)19;17-15(13-4-2-1-3-5-13)11-8-12-6-9-14(10-7-12)16(18)19/h2*1-11H;2-12H,1H3;2-12H,1H3;1-10H;2*1-11H/b10-9+;11-8+;2*12-11+;9-7+;10-9+;11-8+. The summed E-state index contributed by atoms with van der Waals surface area (Å²) in [4.78, 5) is 123. The third kappa shape index (κ3) is 35.5. The van der Waals surface area contributed by atoms with Crippen molar-refractivity contribution < 1.29 is 84.3 Å². The van der Waals surface area contributed by atoms with E-state index in [4.69, 9.17) is 4.74 Å². The van der Waals surface area contributed by atoms with Gasteiger partial charge in [-0.15, -0.1) is 0 Å². The molecule has 0 atom stereocenters. The molecule has 0 amide bonds. The molecule has 14 aromatic rings. The van der Waals surface area contributed by atoms with Crippen molar-refractivity contribution in [1.29, 1.82) is 0 Å². The van der Waals surface area contributed by atoms with Crippen LogP contribution >= 0.6 is 0 Å². The minimum atomic E-state index is -4.38. The molecular formula is C109H82F6N4O16. The van der Waals surface area contributed by atoms with Crippen molar-refractivity contribution in [1.82, 2.24) is 0 Å². The Kier molecular flexibility index (Phi) is 40.2. The number of halogens is 6. The zero-order chi connectivity index (χ0) is 97.5. The molecule has 0 heterocycles. The fraction of sp³-hybridized carbons (Fsp3) is 0.0367. The number of carbonyl (C=O) groups excluding carboxylic acids is 7. The number of nitro groups is 4. The van der Waals surface area contributed by atoms with E-state index < -0.39 is 48.9 Å². The Morgan fingerprint density at radius 1 is 0.259 bits per heavy atom. The third-order valence-corrected chi connectivity index (χ3v) is 18.7. The average Bonchev–Trinajstić information content (AvgIpc) is 0.842. The smallest absolute Gasteiger partial charge is 0.416 e. The number of hydrogen-bond acceptors (Lipinski definition) is 16. The number of ketones is 7. The number of aryl methyl sites for hydroxylation is 1. The molecule has 20 nitrogen and oxygen atoms in total. The average molecular weight is 1820 g/mol. The molecule has 0 aliphatic carbocycles. The van der Waals surface area contributed by atoms with Gasteiger partial charge in [0.05, 0.1) is 55.1 Å². The summed E-state index contributed by atoms with van der Waals surface area (Å²) in [6, 6.07) is 103. The first kappa shape index (κ1) is 102. The lowest BCUT2D eigenvalue weighted by atomic mass is 10.1. The minimum absolute atomic E-state index is 0.00862. The van der Waals surface area contributed by atoms with E-state index >= 15 is 0 Å². The van der Waals surface area contributed by atoms with Crippen LogP contribution in [-0.4, -0.2) is 67.3 Å². The van der Waals surface area contributed by atoms with E-state index in [-0.39, 0.29) is 63.1 Å². The van der Waals surface area contributed by atoms with E-state index in [0.29, 0.717) is 55.8 Å². The molecule has 0 N–H and O–H groups in total. The fourth-order valence-corrected chi connectivity index (χ4v) is 11.7. The van der Waals surface area contributed by atoms with Crippen molar-refractivity contribution in [3.05, 3.63) is 554 Å². The molecule has 26 heteroatoms. The number of ether oxygens (including phenoxy) is 1. The number of carbonyl (C=O) groups is 7. The van der Waals surface area contributed by atoms with E-state index in [1.807, 2.05) is 122 Å². The second kappa shape index (κ2) is 53.0. The monoisotopic (exact) mass is 1820 g/mol.